The maximum atomic E-state index is 5.59. The van der Waals surface area contributed by atoms with Gasteiger partial charge in [0.25, 0.3) is 0 Å². The third kappa shape index (κ3) is 3.45. The largest absolute Gasteiger partial charge is 0.378 e. The molecule has 4 aromatic rings. The van der Waals surface area contributed by atoms with Crippen LogP contribution in [0.25, 0.3) is 28.2 Å². The zero-order valence-electron chi connectivity index (χ0n) is 18.2. The van der Waals surface area contributed by atoms with Crippen molar-refractivity contribution in [3.63, 3.8) is 0 Å². The molecule has 0 unspecified atom stereocenters. The molecule has 2 aliphatic heterocycles. The highest BCUT2D eigenvalue weighted by atomic mass is 16.5. The molecule has 0 spiro atoms. The SMILES string of the molecule is Cc1cccc(-c2ccn(-c3cc(N4CCOCC4)c4ncn([C@H]5CCNC5)c4n3)n2)c1. The van der Waals surface area contributed by atoms with Gasteiger partial charge in [-0.2, -0.15) is 5.10 Å². The summed E-state index contributed by atoms with van der Waals surface area (Å²) in [6.45, 7) is 7.23. The van der Waals surface area contributed by atoms with Gasteiger partial charge in [0.2, 0.25) is 0 Å². The van der Waals surface area contributed by atoms with Gasteiger partial charge >= 0.3 is 0 Å². The van der Waals surface area contributed by atoms with Crippen LogP contribution in [0.3, 0.4) is 0 Å². The van der Waals surface area contributed by atoms with Gasteiger partial charge in [0, 0.05) is 37.5 Å². The van der Waals surface area contributed by atoms with E-state index in [9.17, 15) is 0 Å². The first-order chi connectivity index (χ1) is 15.8. The molecule has 0 saturated carbocycles. The molecule has 1 N–H and O–H groups in total. The normalized spacial score (nSPS) is 19.2. The molecule has 0 radical (unpaired) electrons. The van der Waals surface area contributed by atoms with E-state index in [-0.39, 0.29) is 0 Å². The van der Waals surface area contributed by atoms with E-state index in [0.717, 1.165) is 79.7 Å². The van der Waals surface area contributed by atoms with Gasteiger partial charge in [-0.25, -0.2) is 14.6 Å². The summed E-state index contributed by atoms with van der Waals surface area (Å²) >= 11 is 0. The summed E-state index contributed by atoms with van der Waals surface area (Å²) in [5.74, 6) is 0.811. The molecule has 8 heteroatoms. The molecule has 2 saturated heterocycles. The number of hydrogen-bond donors (Lipinski definition) is 1. The predicted octanol–water partition coefficient (Wildman–Crippen LogP) is 2.96. The Hall–Kier alpha value is -3.23. The lowest BCUT2D eigenvalue weighted by molar-refractivity contribution is 0.123. The van der Waals surface area contributed by atoms with E-state index in [2.05, 4.69) is 52.0 Å². The molecule has 0 amide bonds. The Balaban J connectivity index is 1.47. The molecular weight excluding hydrogens is 402 g/mol. The van der Waals surface area contributed by atoms with Gasteiger partial charge in [-0.15, -0.1) is 0 Å². The summed E-state index contributed by atoms with van der Waals surface area (Å²) in [6.07, 6.45) is 5.03. The minimum absolute atomic E-state index is 0.376. The van der Waals surface area contributed by atoms with Crippen LogP contribution >= 0.6 is 0 Å². The molecule has 164 valence electrons. The number of anilines is 1. The topological polar surface area (TPSA) is 73.0 Å². The molecule has 1 aromatic carbocycles. The van der Waals surface area contributed by atoms with Crippen LogP contribution in [0, 0.1) is 6.92 Å². The number of morpholine rings is 1. The van der Waals surface area contributed by atoms with E-state index in [1.807, 2.05) is 23.3 Å². The maximum absolute atomic E-state index is 5.59. The average molecular weight is 430 g/mol. The molecule has 32 heavy (non-hydrogen) atoms. The Kier molecular flexibility index (Phi) is 4.88. The number of imidazole rings is 1. The number of nitrogens with one attached hydrogen (secondary N) is 1. The number of benzene rings is 1. The van der Waals surface area contributed by atoms with Gasteiger partial charge in [0.1, 0.15) is 5.52 Å². The smallest absolute Gasteiger partial charge is 0.164 e. The molecule has 3 aromatic heterocycles. The second kappa shape index (κ2) is 8.03. The van der Waals surface area contributed by atoms with Crippen LogP contribution < -0.4 is 10.2 Å². The fourth-order valence-electron chi connectivity index (χ4n) is 4.69. The Morgan fingerprint density at radius 2 is 2.03 bits per heavy atom. The predicted molar refractivity (Wildman–Crippen MR) is 124 cm³/mol. The van der Waals surface area contributed by atoms with Gasteiger partial charge < -0.3 is 19.5 Å². The Labute approximate surface area is 186 Å². The molecular formula is C24H27N7O. The van der Waals surface area contributed by atoms with Crippen LogP contribution in [-0.2, 0) is 4.74 Å². The van der Waals surface area contributed by atoms with Crippen molar-refractivity contribution < 1.29 is 4.74 Å². The highest BCUT2D eigenvalue weighted by Gasteiger charge is 2.24. The minimum Gasteiger partial charge on any atom is -0.378 e. The van der Waals surface area contributed by atoms with Gasteiger partial charge in [-0.05, 0) is 32.0 Å². The quantitative estimate of drug-likeness (QED) is 0.538. The van der Waals surface area contributed by atoms with E-state index in [0.29, 0.717) is 6.04 Å². The number of pyridine rings is 1. The van der Waals surface area contributed by atoms with Crippen molar-refractivity contribution in [3.05, 3.63) is 54.5 Å². The van der Waals surface area contributed by atoms with Crippen LogP contribution in [0.1, 0.15) is 18.0 Å². The first-order valence-electron chi connectivity index (χ1n) is 11.3. The lowest BCUT2D eigenvalue weighted by Crippen LogP contribution is -2.36. The van der Waals surface area contributed by atoms with Crippen LogP contribution in [0.5, 0.6) is 0 Å². The number of fused-ring (bicyclic) bond motifs is 1. The van der Waals surface area contributed by atoms with E-state index in [4.69, 9.17) is 19.8 Å². The van der Waals surface area contributed by atoms with Crippen molar-refractivity contribution in [1.29, 1.82) is 0 Å². The number of ether oxygens (including phenoxy) is 1. The molecule has 8 nitrogen and oxygen atoms in total. The molecule has 6 rings (SSSR count). The highest BCUT2D eigenvalue weighted by molar-refractivity contribution is 5.88. The second-order valence-electron chi connectivity index (χ2n) is 8.58. The minimum atomic E-state index is 0.376. The molecule has 0 bridgehead atoms. The standard InChI is InChI=1S/C24H27N7O/c1-17-3-2-4-18(13-17)20-6-8-31(28-20)22-14-21(29-9-11-32-12-10-29)23-24(27-22)30(16-26-23)19-5-7-25-15-19/h2-4,6,8,13-14,16,19,25H,5,7,9-12,15H2,1H3/t19-/m0/s1. The van der Waals surface area contributed by atoms with Crippen molar-refractivity contribution in [1.82, 2.24) is 29.6 Å². The van der Waals surface area contributed by atoms with Gasteiger partial charge in [-0.3, -0.25) is 0 Å². The van der Waals surface area contributed by atoms with Gasteiger partial charge in [0.15, 0.2) is 11.5 Å². The van der Waals surface area contributed by atoms with Crippen molar-refractivity contribution in [3.8, 4) is 17.1 Å². The summed E-state index contributed by atoms with van der Waals surface area (Å²) in [4.78, 5) is 12.2. The van der Waals surface area contributed by atoms with E-state index < -0.39 is 0 Å². The van der Waals surface area contributed by atoms with E-state index in [1.165, 1.54) is 5.56 Å². The van der Waals surface area contributed by atoms with Gasteiger partial charge in [-0.1, -0.05) is 23.8 Å². The van der Waals surface area contributed by atoms with E-state index >= 15 is 0 Å². The first-order valence-corrected chi connectivity index (χ1v) is 11.3. The van der Waals surface area contributed by atoms with Crippen LogP contribution in [0.15, 0.2) is 48.9 Å². The second-order valence-corrected chi connectivity index (χ2v) is 8.58. The van der Waals surface area contributed by atoms with E-state index in [1.54, 1.807) is 0 Å². The Morgan fingerprint density at radius 3 is 2.84 bits per heavy atom. The van der Waals surface area contributed by atoms with Crippen LogP contribution in [0.4, 0.5) is 5.69 Å². The molecule has 1 atom stereocenters. The van der Waals surface area contributed by atoms with Crippen LogP contribution in [0.2, 0.25) is 0 Å². The Morgan fingerprint density at radius 1 is 1.12 bits per heavy atom. The van der Waals surface area contributed by atoms with Crippen molar-refractivity contribution in [2.75, 3.05) is 44.3 Å². The number of hydrogen-bond acceptors (Lipinski definition) is 6. The molecule has 2 aliphatic rings. The summed E-state index contributed by atoms with van der Waals surface area (Å²) < 4.78 is 9.70. The lowest BCUT2D eigenvalue weighted by Gasteiger charge is -2.29. The number of aryl methyl sites for hydroxylation is 1. The fraction of sp³-hybridized carbons (Fsp3) is 0.375. The Bertz CT molecular complexity index is 1250. The zero-order valence-corrected chi connectivity index (χ0v) is 18.2. The molecule has 0 aliphatic carbocycles. The lowest BCUT2D eigenvalue weighted by atomic mass is 10.1. The molecule has 5 heterocycles. The van der Waals surface area contributed by atoms with Crippen LogP contribution in [-0.4, -0.2) is 63.7 Å². The third-order valence-electron chi connectivity index (χ3n) is 6.41. The molecule has 2 fully saturated rings. The van der Waals surface area contributed by atoms with Gasteiger partial charge in [0.05, 0.1) is 37.0 Å². The summed E-state index contributed by atoms with van der Waals surface area (Å²) in [5.41, 5.74) is 6.25. The average Bonchev–Trinajstić information content (AvgIpc) is 3.59. The summed E-state index contributed by atoms with van der Waals surface area (Å²) in [6, 6.07) is 13.0. The third-order valence-corrected chi connectivity index (χ3v) is 6.41. The van der Waals surface area contributed by atoms with Crippen molar-refractivity contribution in [2.24, 2.45) is 0 Å². The maximum Gasteiger partial charge on any atom is 0.164 e. The van der Waals surface area contributed by atoms with Crippen molar-refractivity contribution in [2.45, 2.75) is 19.4 Å². The first kappa shape index (κ1) is 19.5. The monoisotopic (exact) mass is 429 g/mol. The summed E-state index contributed by atoms with van der Waals surface area (Å²) in [5, 5.41) is 8.32. The number of aromatic nitrogens is 5. The number of rotatable bonds is 4. The number of nitrogens with zero attached hydrogens (tertiary/aromatic N) is 6. The summed E-state index contributed by atoms with van der Waals surface area (Å²) in [7, 11) is 0. The van der Waals surface area contributed by atoms with Crippen molar-refractivity contribution >= 4 is 16.9 Å². The fourth-order valence-corrected chi connectivity index (χ4v) is 4.69. The highest BCUT2D eigenvalue weighted by Crippen LogP contribution is 2.31. The zero-order chi connectivity index (χ0) is 21.5.